The van der Waals surface area contributed by atoms with E-state index in [4.69, 9.17) is 0 Å². The van der Waals surface area contributed by atoms with E-state index in [1.807, 2.05) is 18.2 Å². The fourth-order valence-corrected chi connectivity index (χ4v) is 3.57. The molecule has 0 saturated heterocycles. The highest BCUT2D eigenvalue weighted by Crippen LogP contribution is 2.48. The van der Waals surface area contributed by atoms with Crippen LogP contribution in [0.3, 0.4) is 0 Å². The topological polar surface area (TPSA) is 20.2 Å². The molecule has 0 saturated carbocycles. The van der Waals surface area contributed by atoms with E-state index in [0.717, 1.165) is 19.8 Å². The molecule has 70 valence electrons. The van der Waals surface area contributed by atoms with Crippen molar-refractivity contribution in [1.29, 1.82) is 0 Å². The molecule has 1 aromatic carbocycles. The van der Waals surface area contributed by atoms with E-state index in [2.05, 4.69) is 28.1 Å². The van der Waals surface area contributed by atoms with Crippen LogP contribution < -0.4 is 0 Å². The zero-order valence-electron chi connectivity index (χ0n) is 7.20. The summed E-state index contributed by atoms with van der Waals surface area (Å²) in [5.74, 6) is 0. The first kappa shape index (κ1) is 8.65. The molecule has 2 aromatic rings. The standard InChI is InChI=1S/C11H7BrOS/c12-9-5-8-6-3-1-2-4-7(6)10(13)11(8)14-9/h1-5,10,13H. The van der Waals surface area contributed by atoms with Crippen LogP contribution in [0.15, 0.2) is 34.1 Å². The Labute approximate surface area is 94.1 Å². The lowest BCUT2D eigenvalue weighted by Crippen LogP contribution is -1.90. The van der Waals surface area contributed by atoms with Gasteiger partial charge in [0.05, 0.1) is 3.79 Å². The first-order chi connectivity index (χ1) is 6.77. The Hall–Kier alpha value is -0.640. The maximum atomic E-state index is 10.0. The van der Waals surface area contributed by atoms with E-state index in [-0.39, 0.29) is 0 Å². The molecule has 1 aliphatic rings. The number of benzene rings is 1. The van der Waals surface area contributed by atoms with Gasteiger partial charge in [0.1, 0.15) is 6.10 Å². The highest BCUT2D eigenvalue weighted by molar-refractivity contribution is 9.11. The van der Waals surface area contributed by atoms with Gasteiger partial charge in [0.15, 0.2) is 0 Å². The first-order valence-corrected chi connectivity index (χ1v) is 5.95. The lowest BCUT2D eigenvalue weighted by atomic mass is 10.1. The number of aliphatic hydroxyl groups excluding tert-OH is 1. The minimum Gasteiger partial charge on any atom is -0.383 e. The van der Waals surface area contributed by atoms with Gasteiger partial charge in [-0.1, -0.05) is 24.3 Å². The maximum Gasteiger partial charge on any atom is 0.114 e. The highest BCUT2D eigenvalue weighted by Gasteiger charge is 2.28. The molecule has 0 radical (unpaired) electrons. The fraction of sp³-hybridized carbons (Fsp3) is 0.0909. The summed E-state index contributed by atoms with van der Waals surface area (Å²) >= 11 is 5.05. The molecule has 3 rings (SSSR count). The Kier molecular flexibility index (Phi) is 1.81. The molecule has 1 atom stereocenters. The number of hydrogen-bond acceptors (Lipinski definition) is 2. The van der Waals surface area contributed by atoms with Gasteiger partial charge in [-0.15, -0.1) is 11.3 Å². The summed E-state index contributed by atoms with van der Waals surface area (Å²) in [5, 5.41) is 10.0. The summed E-state index contributed by atoms with van der Waals surface area (Å²) in [7, 11) is 0. The number of rotatable bonds is 0. The van der Waals surface area contributed by atoms with Crippen LogP contribution in [0.4, 0.5) is 0 Å². The summed E-state index contributed by atoms with van der Waals surface area (Å²) in [6.07, 6.45) is -0.433. The molecule has 0 aliphatic heterocycles. The second kappa shape index (κ2) is 2.92. The van der Waals surface area contributed by atoms with Crippen molar-refractivity contribution in [1.82, 2.24) is 0 Å². The van der Waals surface area contributed by atoms with Gasteiger partial charge in [-0.3, -0.25) is 0 Å². The second-order valence-electron chi connectivity index (χ2n) is 3.32. The Bertz CT molecular complexity index is 504. The summed E-state index contributed by atoms with van der Waals surface area (Å²) in [5.41, 5.74) is 3.36. The Morgan fingerprint density at radius 1 is 1.21 bits per heavy atom. The molecule has 1 N–H and O–H groups in total. The molecular formula is C11H7BrOS. The predicted octanol–water partition coefficient (Wildman–Crippen LogP) is 3.57. The van der Waals surface area contributed by atoms with Gasteiger partial charge in [-0.2, -0.15) is 0 Å². The van der Waals surface area contributed by atoms with Crippen LogP contribution in [-0.4, -0.2) is 5.11 Å². The van der Waals surface area contributed by atoms with Crippen LogP contribution in [0.2, 0.25) is 0 Å². The smallest absolute Gasteiger partial charge is 0.114 e. The van der Waals surface area contributed by atoms with Crippen LogP contribution in [0, 0.1) is 0 Å². The Morgan fingerprint density at radius 3 is 2.86 bits per heavy atom. The Balaban J connectivity index is 2.34. The van der Waals surface area contributed by atoms with E-state index >= 15 is 0 Å². The van der Waals surface area contributed by atoms with Crippen molar-refractivity contribution < 1.29 is 5.11 Å². The predicted molar refractivity (Wildman–Crippen MR) is 61.5 cm³/mol. The van der Waals surface area contributed by atoms with Crippen LogP contribution in [0.5, 0.6) is 0 Å². The average Bonchev–Trinajstić information content (AvgIpc) is 2.68. The molecule has 0 spiro atoms. The van der Waals surface area contributed by atoms with Crippen molar-refractivity contribution in [2.24, 2.45) is 0 Å². The molecule has 1 unspecified atom stereocenters. The molecule has 0 amide bonds. The van der Waals surface area contributed by atoms with Crippen LogP contribution >= 0.6 is 27.3 Å². The molecule has 14 heavy (non-hydrogen) atoms. The van der Waals surface area contributed by atoms with E-state index < -0.39 is 6.10 Å². The lowest BCUT2D eigenvalue weighted by molar-refractivity contribution is 0.229. The van der Waals surface area contributed by atoms with Crippen LogP contribution in [-0.2, 0) is 0 Å². The third-order valence-electron chi connectivity index (χ3n) is 2.52. The molecule has 0 bridgehead atoms. The van der Waals surface area contributed by atoms with E-state index in [1.165, 1.54) is 5.56 Å². The second-order valence-corrected chi connectivity index (χ2v) is 5.78. The number of thiophene rings is 1. The normalized spacial score (nSPS) is 18.0. The monoisotopic (exact) mass is 266 g/mol. The quantitative estimate of drug-likeness (QED) is 0.773. The number of halogens is 1. The van der Waals surface area contributed by atoms with Gasteiger partial charge in [0.2, 0.25) is 0 Å². The summed E-state index contributed by atoms with van der Waals surface area (Å²) in [6, 6.07) is 10.1. The van der Waals surface area contributed by atoms with E-state index in [9.17, 15) is 5.11 Å². The van der Waals surface area contributed by atoms with Crippen molar-refractivity contribution >= 4 is 27.3 Å². The van der Waals surface area contributed by atoms with Gasteiger partial charge in [-0.05, 0) is 33.1 Å². The molecule has 1 aliphatic carbocycles. The van der Waals surface area contributed by atoms with E-state index in [0.29, 0.717) is 0 Å². The Morgan fingerprint density at radius 2 is 2.00 bits per heavy atom. The summed E-state index contributed by atoms with van der Waals surface area (Å²) < 4.78 is 1.08. The van der Waals surface area contributed by atoms with Crippen molar-refractivity contribution in [3.63, 3.8) is 0 Å². The molecule has 1 aromatic heterocycles. The summed E-state index contributed by atoms with van der Waals surface area (Å²) in [6.45, 7) is 0. The molecule has 1 heterocycles. The average molecular weight is 267 g/mol. The van der Waals surface area contributed by atoms with Crippen molar-refractivity contribution in [3.05, 3.63) is 44.6 Å². The molecule has 1 nitrogen and oxygen atoms in total. The zero-order chi connectivity index (χ0) is 9.71. The third-order valence-corrected chi connectivity index (χ3v) is 4.22. The highest BCUT2D eigenvalue weighted by atomic mass is 79.9. The molecule has 0 fully saturated rings. The van der Waals surface area contributed by atoms with Crippen molar-refractivity contribution in [2.45, 2.75) is 6.10 Å². The first-order valence-electron chi connectivity index (χ1n) is 4.34. The van der Waals surface area contributed by atoms with Crippen molar-refractivity contribution in [3.8, 4) is 11.1 Å². The number of hydrogen-bond donors (Lipinski definition) is 1. The summed E-state index contributed by atoms with van der Waals surface area (Å²) in [4.78, 5) is 1.05. The van der Waals surface area contributed by atoms with Gasteiger partial charge < -0.3 is 5.11 Å². The van der Waals surface area contributed by atoms with Gasteiger partial charge >= 0.3 is 0 Å². The maximum absolute atomic E-state index is 10.0. The minimum atomic E-state index is -0.433. The van der Waals surface area contributed by atoms with Crippen molar-refractivity contribution in [2.75, 3.05) is 0 Å². The van der Waals surface area contributed by atoms with Crippen LogP contribution in [0.25, 0.3) is 11.1 Å². The SMILES string of the molecule is OC1c2ccccc2-c2cc(Br)sc21. The zero-order valence-corrected chi connectivity index (χ0v) is 9.60. The van der Waals surface area contributed by atoms with Gasteiger partial charge in [0.25, 0.3) is 0 Å². The van der Waals surface area contributed by atoms with Crippen LogP contribution in [0.1, 0.15) is 16.5 Å². The minimum absolute atomic E-state index is 0.433. The molecular weight excluding hydrogens is 260 g/mol. The largest absolute Gasteiger partial charge is 0.383 e. The van der Waals surface area contributed by atoms with Gasteiger partial charge in [-0.25, -0.2) is 0 Å². The number of aliphatic hydroxyl groups is 1. The number of fused-ring (bicyclic) bond motifs is 3. The third kappa shape index (κ3) is 1.03. The lowest BCUT2D eigenvalue weighted by Gasteiger charge is -2.03. The molecule has 3 heteroatoms. The van der Waals surface area contributed by atoms with E-state index in [1.54, 1.807) is 11.3 Å². The fourth-order valence-electron chi connectivity index (χ4n) is 1.91. The van der Waals surface area contributed by atoms with Gasteiger partial charge in [0, 0.05) is 10.4 Å².